The molecule has 1 aromatic carbocycles. The SMILES string of the molecule is COc1cc(NC(=O)Cn2cnc3nc(N4CCOCC4)ncc3c2=O)cc(OC)c1. The first kappa shape index (κ1) is 20.5. The lowest BCUT2D eigenvalue weighted by molar-refractivity contribution is -0.116. The van der Waals surface area contributed by atoms with E-state index in [1.54, 1.807) is 18.2 Å². The highest BCUT2D eigenvalue weighted by atomic mass is 16.5. The number of methoxy groups -OCH3 is 2. The van der Waals surface area contributed by atoms with Crippen molar-refractivity contribution >= 4 is 28.6 Å². The van der Waals surface area contributed by atoms with E-state index in [2.05, 4.69) is 20.3 Å². The molecule has 1 saturated heterocycles. The van der Waals surface area contributed by atoms with Gasteiger partial charge in [0.2, 0.25) is 11.9 Å². The Balaban J connectivity index is 1.52. The maximum atomic E-state index is 12.8. The summed E-state index contributed by atoms with van der Waals surface area (Å²) in [5.41, 5.74) is 0.383. The third-order valence-corrected chi connectivity index (χ3v) is 4.81. The lowest BCUT2D eigenvalue weighted by Crippen LogP contribution is -2.37. The Bertz CT molecular complexity index is 1140. The highest BCUT2D eigenvalue weighted by Crippen LogP contribution is 2.25. The smallest absolute Gasteiger partial charge is 0.264 e. The highest BCUT2D eigenvalue weighted by Gasteiger charge is 2.16. The van der Waals surface area contributed by atoms with Gasteiger partial charge in [0.15, 0.2) is 5.65 Å². The zero-order valence-electron chi connectivity index (χ0n) is 17.2. The summed E-state index contributed by atoms with van der Waals surface area (Å²) in [5, 5.41) is 2.98. The summed E-state index contributed by atoms with van der Waals surface area (Å²) in [4.78, 5) is 40.2. The van der Waals surface area contributed by atoms with Crippen molar-refractivity contribution in [3.63, 3.8) is 0 Å². The molecule has 1 aliphatic heterocycles. The normalized spacial score (nSPS) is 13.8. The molecule has 0 aliphatic carbocycles. The van der Waals surface area contributed by atoms with Gasteiger partial charge in [-0.2, -0.15) is 4.98 Å². The molecule has 0 bridgehead atoms. The largest absolute Gasteiger partial charge is 0.497 e. The Morgan fingerprint density at radius 1 is 1.13 bits per heavy atom. The van der Waals surface area contributed by atoms with Gasteiger partial charge in [0.1, 0.15) is 29.8 Å². The van der Waals surface area contributed by atoms with Crippen molar-refractivity contribution in [1.29, 1.82) is 0 Å². The number of anilines is 2. The lowest BCUT2D eigenvalue weighted by atomic mass is 10.2. The van der Waals surface area contributed by atoms with Crippen LogP contribution in [0.1, 0.15) is 0 Å². The van der Waals surface area contributed by atoms with Crippen molar-refractivity contribution in [2.75, 3.05) is 50.7 Å². The number of nitrogens with one attached hydrogen (secondary N) is 1. The molecular formula is C20H22N6O5. The summed E-state index contributed by atoms with van der Waals surface area (Å²) in [6.45, 7) is 2.34. The molecule has 162 valence electrons. The molecule has 3 heterocycles. The molecule has 11 heteroatoms. The molecule has 1 fully saturated rings. The molecule has 11 nitrogen and oxygen atoms in total. The van der Waals surface area contributed by atoms with E-state index < -0.39 is 11.5 Å². The summed E-state index contributed by atoms with van der Waals surface area (Å²) in [6, 6.07) is 5.00. The van der Waals surface area contributed by atoms with Gasteiger partial charge in [-0.25, -0.2) is 9.97 Å². The van der Waals surface area contributed by atoms with Crippen LogP contribution in [0.2, 0.25) is 0 Å². The van der Waals surface area contributed by atoms with E-state index in [4.69, 9.17) is 14.2 Å². The first-order valence-corrected chi connectivity index (χ1v) is 9.65. The summed E-state index contributed by atoms with van der Waals surface area (Å²) in [5.74, 6) is 1.18. The van der Waals surface area contributed by atoms with Crippen LogP contribution in [-0.4, -0.2) is 65.9 Å². The molecule has 3 aromatic rings. The number of ether oxygens (including phenoxy) is 3. The van der Waals surface area contributed by atoms with Gasteiger partial charge in [0.05, 0.1) is 27.4 Å². The molecule has 0 radical (unpaired) electrons. The quantitative estimate of drug-likeness (QED) is 0.606. The van der Waals surface area contributed by atoms with Crippen molar-refractivity contribution in [2.24, 2.45) is 0 Å². The summed E-state index contributed by atoms with van der Waals surface area (Å²) in [7, 11) is 3.04. The first-order valence-electron chi connectivity index (χ1n) is 9.65. The van der Waals surface area contributed by atoms with Gasteiger partial charge in [-0.15, -0.1) is 0 Å². The Kier molecular flexibility index (Phi) is 5.94. The van der Waals surface area contributed by atoms with Crippen LogP contribution in [-0.2, 0) is 16.1 Å². The number of nitrogens with zero attached hydrogens (tertiary/aromatic N) is 5. The van der Waals surface area contributed by atoms with Crippen LogP contribution in [0.15, 0.2) is 35.5 Å². The van der Waals surface area contributed by atoms with Gasteiger partial charge in [-0.1, -0.05) is 0 Å². The van der Waals surface area contributed by atoms with E-state index >= 15 is 0 Å². The minimum absolute atomic E-state index is 0.216. The average Bonchev–Trinajstić information content (AvgIpc) is 2.81. The lowest BCUT2D eigenvalue weighted by Gasteiger charge is -2.26. The molecule has 0 unspecified atom stereocenters. The number of hydrogen-bond acceptors (Lipinski definition) is 9. The standard InChI is InChI=1S/C20H22N6O5/c1-29-14-7-13(8-15(9-14)30-2)23-17(27)11-26-12-22-18-16(19(26)28)10-21-20(24-18)25-3-5-31-6-4-25/h7-10,12H,3-6,11H2,1-2H3,(H,23,27). The Morgan fingerprint density at radius 3 is 2.52 bits per heavy atom. The number of amides is 1. The third kappa shape index (κ3) is 4.56. The fourth-order valence-corrected chi connectivity index (χ4v) is 3.21. The Hall–Kier alpha value is -3.73. The van der Waals surface area contributed by atoms with E-state index in [-0.39, 0.29) is 17.6 Å². The molecule has 1 N–H and O–H groups in total. The van der Waals surface area contributed by atoms with E-state index in [1.807, 2.05) is 4.90 Å². The molecule has 0 atom stereocenters. The number of carbonyl (C=O) groups is 1. The first-order chi connectivity index (χ1) is 15.1. The van der Waals surface area contributed by atoms with Crippen molar-refractivity contribution < 1.29 is 19.0 Å². The van der Waals surface area contributed by atoms with Crippen LogP contribution >= 0.6 is 0 Å². The van der Waals surface area contributed by atoms with Gasteiger partial charge < -0.3 is 24.4 Å². The fraction of sp³-hybridized carbons (Fsp3) is 0.350. The van der Waals surface area contributed by atoms with Crippen molar-refractivity contribution in [1.82, 2.24) is 19.5 Å². The van der Waals surface area contributed by atoms with Crippen molar-refractivity contribution in [2.45, 2.75) is 6.54 Å². The van der Waals surface area contributed by atoms with Crippen LogP contribution in [0, 0.1) is 0 Å². The topological polar surface area (TPSA) is 121 Å². The minimum Gasteiger partial charge on any atom is -0.497 e. The molecule has 0 saturated carbocycles. The highest BCUT2D eigenvalue weighted by molar-refractivity contribution is 5.91. The zero-order chi connectivity index (χ0) is 21.8. The van der Waals surface area contributed by atoms with Crippen molar-refractivity contribution in [3.05, 3.63) is 41.1 Å². The summed E-state index contributed by atoms with van der Waals surface area (Å²) in [6.07, 6.45) is 2.76. The third-order valence-electron chi connectivity index (χ3n) is 4.81. The maximum Gasteiger partial charge on any atom is 0.264 e. The van der Waals surface area contributed by atoms with Gasteiger partial charge in [-0.05, 0) is 0 Å². The minimum atomic E-state index is -0.399. The number of morpholine rings is 1. The number of aromatic nitrogens is 4. The van der Waals surface area contributed by atoms with Crippen LogP contribution in [0.4, 0.5) is 11.6 Å². The second-order valence-electron chi connectivity index (χ2n) is 6.83. The van der Waals surface area contributed by atoms with Gasteiger partial charge in [-0.3, -0.25) is 14.2 Å². The van der Waals surface area contributed by atoms with Crippen LogP contribution in [0.5, 0.6) is 11.5 Å². The van der Waals surface area contributed by atoms with E-state index in [0.717, 1.165) is 0 Å². The maximum absolute atomic E-state index is 12.8. The van der Waals surface area contributed by atoms with Gasteiger partial charge in [0.25, 0.3) is 5.56 Å². The summed E-state index contributed by atoms with van der Waals surface area (Å²) >= 11 is 0. The van der Waals surface area contributed by atoms with Crippen LogP contribution in [0.25, 0.3) is 11.0 Å². The Labute approximate surface area is 177 Å². The molecule has 1 aliphatic rings. The monoisotopic (exact) mass is 426 g/mol. The van der Waals surface area contributed by atoms with E-state index in [9.17, 15) is 9.59 Å². The predicted molar refractivity (Wildman–Crippen MR) is 113 cm³/mol. The summed E-state index contributed by atoms with van der Waals surface area (Å²) < 4.78 is 16.9. The fourth-order valence-electron chi connectivity index (χ4n) is 3.21. The van der Waals surface area contributed by atoms with Crippen molar-refractivity contribution in [3.8, 4) is 11.5 Å². The molecule has 0 spiro atoms. The predicted octanol–water partition coefficient (Wildman–Crippen LogP) is 0.679. The van der Waals surface area contributed by atoms with Crippen LogP contribution < -0.4 is 25.2 Å². The number of fused-ring (bicyclic) bond motifs is 1. The number of benzene rings is 1. The Morgan fingerprint density at radius 2 is 1.84 bits per heavy atom. The van der Waals surface area contributed by atoms with Gasteiger partial charge >= 0.3 is 0 Å². The molecule has 4 rings (SSSR count). The second-order valence-corrected chi connectivity index (χ2v) is 6.83. The second kappa shape index (κ2) is 8.96. The van der Waals surface area contributed by atoms with E-state index in [1.165, 1.54) is 31.3 Å². The number of rotatable bonds is 6. The molecule has 2 aromatic heterocycles. The van der Waals surface area contributed by atoms with E-state index in [0.29, 0.717) is 49.4 Å². The molecule has 31 heavy (non-hydrogen) atoms. The van der Waals surface area contributed by atoms with Crippen LogP contribution in [0.3, 0.4) is 0 Å². The molecular weight excluding hydrogens is 404 g/mol. The van der Waals surface area contributed by atoms with Gasteiger partial charge in [0, 0.05) is 43.2 Å². The number of hydrogen-bond donors (Lipinski definition) is 1. The zero-order valence-corrected chi connectivity index (χ0v) is 17.2. The average molecular weight is 426 g/mol. The molecule has 1 amide bonds. The number of carbonyl (C=O) groups excluding carboxylic acids is 1.